The van der Waals surface area contributed by atoms with Crippen LogP contribution < -0.4 is 4.74 Å². The average Bonchev–Trinajstić information content (AvgIpc) is 3.37. The number of carbonyl (C=O) groups is 1. The maximum absolute atomic E-state index is 12.1. The van der Waals surface area contributed by atoms with E-state index in [0.717, 1.165) is 0 Å². The third kappa shape index (κ3) is 4.91. The molecule has 11 atom stereocenters. The van der Waals surface area contributed by atoms with Gasteiger partial charge in [0.1, 0.15) is 18.0 Å². The molecule has 4 bridgehead atoms. The van der Waals surface area contributed by atoms with Crippen LogP contribution >= 0.6 is 11.6 Å². The number of halogens is 1. The maximum atomic E-state index is 12.1. The number of benzene rings is 1. The van der Waals surface area contributed by atoms with Crippen LogP contribution in [-0.2, 0) is 38.0 Å². The highest BCUT2D eigenvalue weighted by Crippen LogP contribution is 2.58. The molecule has 5 saturated heterocycles. The van der Waals surface area contributed by atoms with E-state index in [1.165, 1.54) is 7.11 Å². The predicted molar refractivity (Wildman–Crippen MR) is 139 cm³/mol. The van der Waals surface area contributed by atoms with Crippen molar-refractivity contribution in [3.05, 3.63) is 29.8 Å². The minimum atomic E-state index is -1.83. The van der Waals surface area contributed by atoms with Gasteiger partial charge in [0, 0.05) is 30.2 Å². The fourth-order valence-corrected chi connectivity index (χ4v) is 6.85. The summed E-state index contributed by atoms with van der Waals surface area (Å²) in [6, 6.07) is 7.26. The van der Waals surface area contributed by atoms with Gasteiger partial charge in [0.2, 0.25) is 11.6 Å². The summed E-state index contributed by atoms with van der Waals surface area (Å²) in [5.41, 5.74) is 0.713. The molecule has 0 saturated carbocycles. The van der Waals surface area contributed by atoms with Crippen LogP contribution in [0, 0.1) is 12.3 Å². The van der Waals surface area contributed by atoms with Crippen molar-refractivity contribution in [1.29, 1.82) is 0 Å². The Kier molecular flexibility index (Phi) is 7.78. The number of methoxy groups -OCH3 is 2. The molecule has 11 heteroatoms. The number of hydrogen-bond acceptors (Lipinski definition) is 10. The van der Waals surface area contributed by atoms with Crippen LogP contribution in [0.5, 0.6) is 5.75 Å². The van der Waals surface area contributed by atoms with Crippen LogP contribution in [0.25, 0.3) is 0 Å². The Hall–Kier alpha value is -1.94. The first-order valence-electron chi connectivity index (χ1n) is 13.8. The lowest BCUT2D eigenvalue weighted by Crippen LogP contribution is -2.63. The van der Waals surface area contributed by atoms with Crippen molar-refractivity contribution in [3.63, 3.8) is 0 Å². The number of hydrogen-bond donors (Lipinski definition) is 1. The smallest absolute Gasteiger partial charge is 0.308 e. The molecule has 5 heterocycles. The standard InChI is InChI=1S/C29H35ClO10/c1-4-5-17(30)12-13-28-27-29(32,40-26(37-27)16-6-8-18(33-2)9-7-16)25(39-28)22-15-21(38-28)24-20(36-22)11-10-19(35-24)14-23(31)34-3/h1,6-9,17,19-22,24-27,32H,5,10-15H2,2-3H3/t17?,19?,20?,21?,22?,24-,25?,26?,27?,28+,29+/m0/s1. The van der Waals surface area contributed by atoms with Crippen molar-refractivity contribution < 1.29 is 47.8 Å². The van der Waals surface area contributed by atoms with Gasteiger partial charge in [-0.3, -0.25) is 4.79 Å². The molecule has 1 aromatic carbocycles. The Labute approximate surface area is 238 Å². The van der Waals surface area contributed by atoms with Crippen LogP contribution in [0.15, 0.2) is 24.3 Å². The van der Waals surface area contributed by atoms with Crippen LogP contribution in [0.4, 0.5) is 0 Å². The largest absolute Gasteiger partial charge is 0.497 e. The molecule has 218 valence electrons. The summed E-state index contributed by atoms with van der Waals surface area (Å²) in [5, 5.41) is 11.7. The van der Waals surface area contributed by atoms with Crippen molar-refractivity contribution >= 4 is 17.6 Å². The molecule has 6 rings (SSSR count). The van der Waals surface area contributed by atoms with Crippen molar-refractivity contribution in [3.8, 4) is 18.1 Å². The number of esters is 1. The normalized spacial score (nSPS) is 42.2. The van der Waals surface area contributed by atoms with Crippen molar-refractivity contribution in [2.24, 2.45) is 0 Å². The van der Waals surface area contributed by atoms with E-state index in [4.69, 9.17) is 55.9 Å². The lowest BCUT2D eigenvalue weighted by molar-refractivity contribution is -0.306. The zero-order valence-corrected chi connectivity index (χ0v) is 23.3. The minimum absolute atomic E-state index is 0.156. The lowest BCUT2D eigenvalue weighted by atomic mass is 9.84. The van der Waals surface area contributed by atoms with Gasteiger partial charge in [-0.05, 0) is 31.4 Å². The topological polar surface area (TPSA) is 111 Å². The molecule has 0 radical (unpaired) electrons. The van der Waals surface area contributed by atoms with Gasteiger partial charge in [-0.15, -0.1) is 23.9 Å². The summed E-state index contributed by atoms with van der Waals surface area (Å²) in [7, 11) is 2.96. The molecule has 40 heavy (non-hydrogen) atoms. The summed E-state index contributed by atoms with van der Waals surface area (Å²) in [6.07, 6.45) is 3.79. The van der Waals surface area contributed by atoms with E-state index in [1.54, 1.807) is 19.2 Å². The van der Waals surface area contributed by atoms with Gasteiger partial charge in [0.25, 0.3) is 0 Å². The highest BCUT2D eigenvalue weighted by atomic mass is 35.5. The molecular formula is C29H35ClO10. The third-order valence-corrected chi connectivity index (χ3v) is 8.95. The number of ether oxygens (including phenoxy) is 8. The number of rotatable bonds is 8. The Balaban J connectivity index is 1.30. The van der Waals surface area contributed by atoms with Crippen LogP contribution in [0.2, 0.25) is 0 Å². The number of fused-ring (bicyclic) bond motifs is 10. The number of terminal acetylenes is 1. The molecule has 5 aliphatic heterocycles. The Bertz CT molecular complexity index is 1120. The zero-order chi connectivity index (χ0) is 28.1. The average molecular weight is 579 g/mol. The Morgan fingerprint density at radius 1 is 1.12 bits per heavy atom. The molecule has 5 fully saturated rings. The van der Waals surface area contributed by atoms with Gasteiger partial charge in [-0.1, -0.05) is 12.1 Å². The van der Waals surface area contributed by atoms with Crippen molar-refractivity contribution in [2.45, 2.75) is 111 Å². The van der Waals surface area contributed by atoms with Gasteiger partial charge in [-0.2, -0.15) is 0 Å². The first kappa shape index (κ1) is 28.2. The molecule has 0 aliphatic carbocycles. The Morgan fingerprint density at radius 3 is 2.65 bits per heavy atom. The summed E-state index contributed by atoms with van der Waals surface area (Å²) in [6.45, 7) is 0. The first-order valence-corrected chi connectivity index (χ1v) is 14.2. The summed E-state index contributed by atoms with van der Waals surface area (Å²) in [4.78, 5) is 11.9. The van der Waals surface area contributed by atoms with E-state index in [1.807, 2.05) is 12.1 Å². The molecule has 0 spiro atoms. The number of aliphatic hydroxyl groups is 1. The van der Waals surface area contributed by atoms with Crippen LogP contribution in [0.3, 0.4) is 0 Å². The number of alkyl halides is 1. The quantitative estimate of drug-likeness (QED) is 0.281. The molecule has 1 aromatic rings. The second-order valence-corrected chi connectivity index (χ2v) is 11.7. The van der Waals surface area contributed by atoms with Gasteiger partial charge in [-0.25, -0.2) is 0 Å². The van der Waals surface area contributed by atoms with Gasteiger partial charge >= 0.3 is 5.97 Å². The zero-order valence-electron chi connectivity index (χ0n) is 22.5. The van der Waals surface area contributed by atoms with Gasteiger partial charge in [0.05, 0.1) is 45.1 Å². The van der Waals surface area contributed by atoms with Gasteiger partial charge < -0.3 is 43.0 Å². The molecular weight excluding hydrogens is 544 g/mol. The van der Waals surface area contributed by atoms with Crippen LogP contribution in [-0.4, -0.2) is 85.0 Å². The van der Waals surface area contributed by atoms with Gasteiger partial charge in [0.15, 0.2) is 12.4 Å². The van der Waals surface area contributed by atoms with E-state index in [9.17, 15) is 9.90 Å². The molecule has 10 nitrogen and oxygen atoms in total. The predicted octanol–water partition coefficient (Wildman–Crippen LogP) is 2.97. The second kappa shape index (κ2) is 11.0. The van der Waals surface area contributed by atoms with Crippen LogP contribution in [0.1, 0.15) is 56.8 Å². The highest BCUT2D eigenvalue weighted by Gasteiger charge is 2.75. The fourth-order valence-electron chi connectivity index (χ4n) is 6.65. The molecule has 1 N–H and O–H groups in total. The third-order valence-electron chi connectivity index (χ3n) is 8.58. The monoisotopic (exact) mass is 578 g/mol. The summed E-state index contributed by atoms with van der Waals surface area (Å²) < 4.78 is 49.0. The van der Waals surface area contributed by atoms with Crippen molar-refractivity contribution in [2.75, 3.05) is 14.2 Å². The minimum Gasteiger partial charge on any atom is -0.497 e. The molecule has 5 aliphatic rings. The molecule has 8 unspecified atom stereocenters. The lowest BCUT2D eigenvalue weighted by Gasteiger charge is -2.48. The van der Waals surface area contributed by atoms with E-state index in [0.29, 0.717) is 49.8 Å². The van der Waals surface area contributed by atoms with E-state index >= 15 is 0 Å². The van der Waals surface area contributed by atoms with E-state index < -0.39 is 48.4 Å². The number of carbonyl (C=O) groups excluding carboxylic acids is 1. The second-order valence-electron chi connectivity index (χ2n) is 11.1. The molecule has 0 aromatic heterocycles. The van der Waals surface area contributed by atoms with E-state index in [-0.39, 0.29) is 30.0 Å². The highest BCUT2D eigenvalue weighted by molar-refractivity contribution is 6.20. The van der Waals surface area contributed by atoms with E-state index in [2.05, 4.69) is 5.92 Å². The maximum Gasteiger partial charge on any atom is 0.308 e. The summed E-state index contributed by atoms with van der Waals surface area (Å²) in [5.74, 6) is -0.265. The fraction of sp³-hybridized carbons (Fsp3) is 0.690. The Morgan fingerprint density at radius 2 is 1.93 bits per heavy atom. The molecule has 0 amide bonds. The summed E-state index contributed by atoms with van der Waals surface area (Å²) >= 11 is 6.51. The van der Waals surface area contributed by atoms with Crippen molar-refractivity contribution in [1.82, 2.24) is 0 Å². The SMILES string of the molecule is C#CCC(Cl)CC[C@@]12OC3CC(OC4CCC(CC(=O)OC)O[C@@H]43)C(O1)[C@@]1(O)OC(c3ccc(OC)cc3)OC21. The first-order chi connectivity index (χ1) is 19.3.